The quantitative estimate of drug-likeness (QED) is 0.578. The zero-order valence-corrected chi connectivity index (χ0v) is 17.4. The zero-order valence-electron chi connectivity index (χ0n) is 15.8. The Morgan fingerprint density at radius 2 is 2.00 bits per heavy atom. The molecule has 1 aliphatic heterocycles. The normalized spacial score (nSPS) is 15.4. The number of benzene rings is 2. The predicted molar refractivity (Wildman–Crippen MR) is 113 cm³/mol. The first kappa shape index (κ1) is 19.1. The Bertz CT molecular complexity index is 1110. The molecule has 6 nitrogen and oxygen atoms in total. The third-order valence-electron chi connectivity index (χ3n) is 4.76. The van der Waals surface area contributed by atoms with Gasteiger partial charge in [0.2, 0.25) is 11.8 Å². The number of nitrogens with two attached hydrogens (primary N) is 1. The van der Waals surface area contributed by atoms with Crippen LogP contribution in [0.3, 0.4) is 0 Å². The van der Waals surface area contributed by atoms with Gasteiger partial charge in [-0.3, -0.25) is 5.10 Å². The number of nitrogens with one attached hydrogen (secondary N) is 1. The summed E-state index contributed by atoms with van der Waals surface area (Å²) in [7, 11) is 0. The van der Waals surface area contributed by atoms with Gasteiger partial charge in [-0.25, -0.2) is 0 Å². The van der Waals surface area contributed by atoms with Crippen molar-refractivity contribution in [3.63, 3.8) is 0 Å². The van der Waals surface area contributed by atoms with E-state index >= 15 is 0 Å². The maximum Gasteiger partial charge on any atom is 0.244 e. The second-order valence-electron chi connectivity index (χ2n) is 6.64. The van der Waals surface area contributed by atoms with E-state index in [0.717, 1.165) is 39.0 Å². The molecular weight excluding hydrogens is 432 g/mol. The maximum absolute atomic E-state index is 9.88. The van der Waals surface area contributed by atoms with E-state index in [1.54, 1.807) is 0 Å². The lowest BCUT2D eigenvalue weighted by Crippen LogP contribution is -2.21. The van der Waals surface area contributed by atoms with Gasteiger partial charge in [0.05, 0.1) is 23.8 Å². The minimum absolute atomic E-state index is 0.0594. The van der Waals surface area contributed by atoms with E-state index in [9.17, 15) is 5.26 Å². The number of fused-ring (bicyclic) bond motifs is 1. The van der Waals surface area contributed by atoms with Crippen LogP contribution < -0.4 is 15.2 Å². The minimum atomic E-state index is -0.450. The standard InChI is InChI=1S/C22H19BrN4O2/c1-2-11-28-17-6-4-3-5-15(17)18-16(12-24)21(25)29-22-19(18)20(26-27-22)13-7-9-14(23)10-8-13/h3-10,18H,2,11,25H2,1H3,(H,26,27)/t18-/m1/s1. The van der Waals surface area contributed by atoms with Crippen molar-refractivity contribution < 1.29 is 9.47 Å². The summed E-state index contributed by atoms with van der Waals surface area (Å²) < 4.78 is 12.6. The lowest BCUT2D eigenvalue weighted by molar-refractivity contribution is 0.312. The summed E-state index contributed by atoms with van der Waals surface area (Å²) in [4.78, 5) is 0. The lowest BCUT2D eigenvalue weighted by Gasteiger charge is -2.25. The van der Waals surface area contributed by atoms with Crippen LogP contribution in [0.1, 0.15) is 30.4 Å². The molecule has 146 valence electrons. The second kappa shape index (κ2) is 8.02. The molecule has 0 radical (unpaired) electrons. The summed E-state index contributed by atoms with van der Waals surface area (Å²) in [5.74, 6) is 0.698. The highest BCUT2D eigenvalue weighted by Crippen LogP contribution is 2.47. The van der Waals surface area contributed by atoms with Gasteiger partial charge in [0.25, 0.3) is 0 Å². The van der Waals surface area contributed by atoms with Crippen LogP contribution in [0, 0.1) is 11.3 Å². The van der Waals surface area contributed by atoms with Gasteiger partial charge in [0.1, 0.15) is 17.4 Å². The van der Waals surface area contributed by atoms with E-state index in [2.05, 4.69) is 39.1 Å². The molecule has 0 unspecified atom stereocenters. The SMILES string of the molecule is CCCOc1ccccc1[C@@H]1C(C#N)=C(N)Oc2n[nH]c(-c3ccc(Br)cc3)c21. The Labute approximate surface area is 177 Å². The summed E-state index contributed by atoms with van der Waals surface area (Å²) >= 11 is 3.46. The summed E-state index contributed by atoms with van der Waals surface area (Å²) in [6.07, 6.45) is 0.881. The molecule has 3 N–H and O–H groups in total. The van der Waals surface area contributed by atoms with E-state index in [1.807, 2.05) is 48.5 Å². The number of halogens is 1. The third kappa shape index (κ3) is 3.47. The fourth-order valence-corrected chi connectivity index (χ4v) is 3.72. The summed E-state index contributed by atoms with van der Waals surface area (Å²) in [5, 5.41) is 17.3. The number of aromatic nitrogens is 2. The molecule has 1 atom stereocenters. The topological polar surface area (TPSA) is 96.9 Å². The highest BCUT2D eigenvalue weighted by molar-refractivity contribution is 9.10. The van der Waals surface area contributed by atoms with Crippen LogP contribution in [-0.2, 0) is 0 Å². The van der Waals surface area contributed by atoms with Crippen molar-refractivity contribution in [2.24, 2.45) is 5.73 Å². The predicted octanol–water partition coefficient (Wildman–Crippen LogP) is 4.85. The van der Waals surface area contributed by atoms with Crippen molar-refractivity contribution in [1.29, 1.82) is 5.26 Å². The van der Waals surface area contributed by atoms with Crippen LogP contribution in [0.15, 0.2) is 64.5 Å². The Kier molecular flexibility index (Phi) is 5.28. The van der Waals surface area contributed by atoms with Crippen LogP contribution in [0.4, 0.5) is 0 Å². The zero-order chi connectivity index (χ0) is 20.4. The molecule has 2 aromatic carbocycles. The van der Waals surface area contributed by atoms with Crippen molar-refractivity contribution in [2.75, 3.05) is 6.61 Å². The molecule has 0 saturated heterocycles. The summed E-state index contributed by atoms with van der Waals surface area (Å²) in [6.45, 7) is 2.63. The Morgan fingerprint density at radius 1 is 1.24 bits per heavy atom. The van der Waals surface area contributed by atoms with Gasteiger partial charge in [-0.2, -0.15) is 5.26 Å². The smallest absolute Gasteiger partial charge is 0.244 e. The second-order valence-corrected chi connectivity index (χ2v) is 7.55. The Hall–Kier alpha value is -3.24. The number of para-hydroxylation sites is 1. The average molecular weight is 451 g/mol. The Balaban J connectivity index is 1.92. The molecule has 29 heavy (non-hydrogen) atoms. The number of nitrogens with zero attached hydrogens (tertiary/aromatic N) is 2. The molecule has 1 aromatic heterocycles. The highest BCUT2D eigenvalue weighted by atomic mass is 79.9. The fraction of sp³-hybridized carbons (Fsp3) is 0.182. The number of allylic oxidation sites excluding steroid dienone is 1. The van der Waals surface area contributed by atoms with E-state index in [0.29, 0.717) is 18.1 Å². The number of H-pyrrole nitrogens is 1. The van der Waals surface area contributed by atoms with E-state index in [4.69, 9.17) is 15.2 Å². The molecule has 3 aromatic rings. The first-order valence-corrected chi connectivity index (χ1v) is 10.1. The highest BCUT2D eigenvalue weighted by Gasteiger charge is 2.37. The van der Waals surface area contributed by atoms with Crippen LogP contribution in [0.2, 0.25) is 0 Å². The minimum Gasteiger partial charge on any atom is -0.493 e. The number of hydrogen-bond acceptors (Lipinski definition) is 5. The molecule has 0 bridgehead atoms. The Morgan fingerprint density at radius 3 is 2.72 bits per heavy atom. The van der Waals surface area contributed by atoms with Crippen LogP contribution in [0.5, 0.6) is 11.6 Å². The van der Waals surface area contributed by atoms with Crippen molar-refractivity contribution >= 4 is 15.9 Å². The van der Waals surface area contributed by atoms with E-state index in [1.165, 1.54) is 0 Å². The molecule has 0 aliphatic carbocycles. The molecule has 0 saturated carbocycles. The van der Waals surface area contributed by atoms with Crippen molar-refractivity contribution in [3.8, 4) is 29.0 Å². The number of rotatable bonds is 5. The molecule has 2 heterocycles. The van der Waals surface area contributed by atoms with Gasteiger partial charge < -0.3 is 15.2 Å². The number of aromatic amines is 1. The first-order chi connectivity index (χ1) is 14.1. The largest absolute Gasteiger partial charge is 0.493 e. The monoisotopic (exact) mass is 450 g/mol. The molecule has 1 aliphatic rings. The number of ether oxygens (including phenoxy) is 2. The van der Waals surface area contributed by atoms with Crippen LogP contribution in [-0.4, -0.2) is 16.8 Å². The first-order valence-electron chi connectivity index (χ1n) is 9.27. The maximum atomic E-state index is 9.88. The molecule has 0 amide bonds. The third-order valence-corrected chi connectivity index (χ3v) is 5.29. The molecular formula is C22H19BrN4O2. The fourth-order valence-electron chi connectivity index (χ4n) is 3.46. The molecule has 0 spiro atoms. The van der Waals surface area contributed by atoms with E-state index < -0.39 is 5.92 Å². The van der Waals surface area contributed by atoms with Gasteiger partial charge in [-0.1, -0.05) is 53.2 Å². The summed E-state index contributed by atoms with van der Waals surface area (Å²) in [5.41, 5.74) is 9.75. The van der Waals surface area contributed by atoms with Crippen LogP contribution in [0.25, 0.3) is 11.3 Å². The van der Waals surface area contributed by atoms with Gasteiger partial charge in [0.15, 0.2) is 0 Å². The molecule has 4 rings (SSSR count). The van der Waals surface area contributed by atoms with Gasteiger partial charge >= 0.3 is 0 Å². The number of nitriles is 1. The van der Waals surface area contributed by atoms with Crippen molar-refractivity contribution in [1.82, 2.24) is 10.2 Å². The van der Waals surface area contributed by atoms with Gasteiger partial charge in [-0.05, 0) is 24.6 Å². The lowest BCUT2D eigenvalue weighted by atomic mass is 9.82. The van der Waals surface area contributed by atoms with Crippen LogP contribution >= 0.6 is 15.9 Å². The van der Waals surface area contributed by atoms with E-state index in [-0.39, 0.29) is 5.88 Å². The van der Waals surface area contributed by atoms with Crippen molar-refractivity contribution in [3.05, 3.63) is 75.6 Å². The molecule has 0 fully saturated rings. The number of hydrogen-bond donors (Lipinski definition) is 2. The van der Waals surface area contributed by atoms with Gasteiger partial charge in [-0.15, -0.1) is 5.10 Å². The van der Waals surface area contributed by atoms with Crippen molar-refractivity contribution in [2.45, 2.75) is 19.3 Å². The molecule has 7 heteroatoms. The van der Waals surface area contributed by atoms with Gasteiger partial charge in [0, 0.05) is 15.6 Å². The summed E-state index contributed by atoms with van der Waals surface area (Å²) in [6, 6.07) is 17.8. The average Bonchev–Trinajstić information content (AvgIpc) is 3.15.